The Morgan fingerprint density at radius 1 is 1.20 bits per heavy atom. The molecule has 0 heterocycles. The van der Waals surface area contributed by atoms with Gasteiger partial charge >= 0.3 is 0 Å². The molecule has 20 heavy (non-hydrogen) atoms. The second-order valence-electron chi connectivity index (χ2n) is 4.21. The van der Waals surface area contributed by atoms with E-state index in [1.54, 1.807) is 13.0 Å². The van der Waals surface area contributed by atoms with Crippen LogP contribution in [0.4, 0.5) is 11.4 Å². The summed E-state index contributed by atoms with van der Waals surface area (Å²) < 4.78 is 0. The second kappa shape index (κ2) is 5.40. The van der Waals surface area contributed by atoms with E-state index in [1.807, 2.05) is 0 Å². The number of carbonyl (C=O) groups is 1. The Kier molecular flexibility index (Phi) is 3.65. The van der Waals surface area contributed by atoms with Crippen molar-refractivity contribution < 1.29 is 14.8 Å². The molecule has 0 aliphatic carbocycles. The fraction of sp³-hybridized carbons (Fsp3) is 0.0714. The summed E-state index contributed by atoms with van der Waals surface area (Å²) in [6.07, 6.45) is 0. The highest BCUT2D eigenvalue weighted by molar-refractivity contribution is 6.04. The molecule has 2 N–H and O–H groups in total. The van der Waals surface area contributed by atoms with E-state index in [-0.39, 0.29) is 11.4 Å². The van der Waals surface area contributed by atoms with Crippen LogP contribution in [-0.4, -0.2) is 15.9 Å². The zero-order chi connectivity index (χ0) is 14.7. The normalized spacial score (nSPS) is 10.1. The van der Waals surface area contributed by atoms with Crippen LogP contribution in [0, 0.1) is 17.0 Å². The Balaban J connectivity index is 2.26. The van der Waals surface area contributed by atoms with Gasteiger partial charge in [-0.2, -0.15) is 0 Å². The monoisotopic (exact) mass is 272 g/mol. The average Bonchev–Trinajstić information content (AvgIpc) is 2.41. The molecule has 1 amide bonds. The van der Waals surface area contributed by atoms with Gasteiger partial charge in [-0.1, -0.05) is 6.07 Å². The number of rotatable bonds is 3. The van der Waals surface area contributed by atoms with Gasteiger partial charge < -0.3 is 10.4 Å². The highest BCUT2D eigenvalue weighted by Crippen LogP contribution is 2.25. The van der Waals surface area contributed by atoms with Crippen molar-refractivity contribution in [3.63, 3.8) is 0 Å². The number of nitro groups is 1. The molecule has 0 unspecified atom stereocenters. The first-order valence-electron chi connectivity index (χ1n) is 5.83. The van der Waals surface area contributed by atoms with Crippen molar-refractivity contribution in [2.45, 2.75) is 6.92 Å². The lowest BCUT2D eigenvalue weighted by Gasteiger charge is -2.08. The molecule has 2 aromatic rings. The molecule has 6 heteroatoms. The number of nitrogens with one attached hydrogen (secondary N) is 1. The van der Waals surface area contributed by atoms with Gasteiger partial charge in [0.15, 0.2) is 0 Å². The van der Waals surface area contributed by atoms with Gasteiger partial charge in [0, 0.05) is 11.6 Å². The van der Waals surface area contributed by atoms with Crippen LogP contribution in [0.1, 0.15) is 15.9 Å². The summed E-state index contributed by atoms with van der Waals surface area (Å²) in [5.74, 6) is -0.332. The maximum Gasteiger partial charge on any atom is 0.274 e. The number of aromatic hydroxyl groups is 1. The van der Waals surface area contributed by atoms with Gasteiger partial charge in [-0.25, -0.2) is 0 Å². The predicted molar refractivity (Wildman–Crippen MR) is 73.9 cm³/mol. The Bertz CT molecular complexity index is 665. The van der Waals surface area contributed by atoms with Crippen molar-refractivity contribution in [1.82, 2.24) is 0 Å². The van der Waals surface area contributed by atoms with Crippen molar-refractivity contribution >= 4 is 17.3 Å². The Morgan fingerprint density at radius 3 is 2.45 bits per heavy atom. The fourth-order valence-corrected chi connectivity index (χ4v) is 1.76. The smallest absolute Gasteiger partial charge is 0.274 e. The minimum Gasteiger partial charge on any atom is -0.508 e. The van der Waals surface area contributed by atoms with Crippen LogP contribution in [0.2, 0.25) is 0 Å². The number of carbonyl (C=O) groups excluding carboxylic acids is 1. The summed E-state index contributed by atoms with van der Waals surface area (Å²) in [6.45, 7) is 1.57. The first-order chi connectivity index (χ1) is 9.49. The molecular formula is C14H12N2O4. The largest absolute Gasteiger partial charge is 0.508 e. The zero-order valence-electron chi connectivity index (χ0n) is 10.7. The van der Waals surface area contributed by atoms with Crippen LogP contribution in [0.25, 0.3) is 0 Å². The second-order valence-corrected chi connectivity index (χ2v) is 4.21. The summed E-state index contributed by atoms with van der Waals surface area (Å²) in [5, 5.41) is 22.6. The van der Waals surface area contributed by atoms with Gasteiger partial charge in [0.2, 0.25) is 0 Å². The molecule has 2 rings (SSSR count). The maximum atomic E-state index is 12.0. The molecule has 0 spiro atoms. The number of benzene rings is 2. The highest BCUT2D eigenvalue weighted by atomic mass is 16.6. The average molecular weight is 272 g/mol. The molecular weight excluding hydrogens is 260 g/mol. The minimum atomic E-state index is -0.494. The van der Waals surface area contributed by atoms with Crippen LogP contribution in [0.3, 0.4) is 0 Å². The predicted octanol–water partition coefficient (Wildman–Crippen LogP) is 2.86. The van der Waals surface area contributed by atoms with Crippen molar-refractivity contribution in [2.75, 3.05) is 5.32 Å². The topological polar surface area (TPSA) is 92.5 Å². The van der Waals surface area contributed by atoms with E-state index in [0.717, 1.165) is 0 Å². The lowest BCUT2D eigenvalue weighted by molar-refractivity contribution is -0.385. The lowest BCUT2D eigenvalue weighted by atomic mass is 10.1. The SMILES string of the molecule is Cc1c(NC(=O)c2ccc(O)cc2)cccc1[N+](=O)[O-]. The van der Waals surface area contributed by atoms with E-state index >= 15 is 0 Å². The molecule has 0 aromatic heterocycles. The van der Waals surface area contributed by atoms with Crippen LogP contribution in [-0.2, 0) is 0 Å². The van der Waals surface area contributed by atoms with Crippen LogP contribution in [0.5, 0.6) is 5.75 Å². The number of amides is 1. The molecule has 0 aliphatic heterocycles. The van der Waals surface area contributed by atoms with Gasteiger partial charge in [-0.05, 0) is 37.3 Å². The van der Waals surface area contributed by atoms with Crippen molar-refractivity contribution in [3.8, 4) is 5.75 Å². The van der Waals surface area contributed by atoms with E-state index in [0.29, 0.717) is 16.8 Å². The molecule has 0 bridgehead atoms. The van der Waals surface area contributed by atoms with E-state index in [2.05, 4.69) is 5.32 Å². The van der Waals surface area contributed by atoms with Gasteiger partial charge in [-0.3, -0.25) is 14.9 Å². The first-order valence-corrected chi connectivity index (χ1v) is 5.83. The van der Waals surface area contributed by atoms with Crippen molar-refractivity contribution in [3.05, 3.63) is 63.7 Å². The number of hydrogen-bond donors (Lipinski definition) is 2. The van der Waals surface area contributed by atoms with Crippen molar-refractivity contribution in [2.24, 2.45) is 0 Å². The summed E-state index contributed by atoms with van der Waals surface area (Å²) in [5.41, 5.74) is 1.09. The van der Waals surface area contributed by atoms with Crippen molar-refractivity contribution in [1.29, 1.82) is 0 Å². The third kappa shape index (κ3) is 2.74. The fourth-order valence-electron chi connectivity index (χ4n) is 1.76. The third-order valence-corrected chi connectivity index (χ3v) is 2.88. The Morgan fingerprint density at radius 2 is 1.85 bits per heavy atom. The Labute approximate surface area is 114 Å². The van der Waals surface area contributed by atoms with E-state index in [9.17, 15) is 14.9 Å². The zero-order valence-corrected chi connectivity index (χ0v) is 10.7. The van der Waals surface area contributed by atoms with E-state index < -0.39 is 10.8 Å². The minimum absolute atomic E-state index is 0.0477. The highest BCUT2D eigenvalue weighted by Gasteiger charge is 2.15. The maximum absolute atomic E-state index is 12.0. The van der Waals surface area contributed by atoms with Gasteiger partial charge in [0.25, 0.3) is 11.6 Å². The number of phenols is 1. The van der Waals surface area contributed by atoms with Crippen LogP contribution < -0.4 is 5.32 Å². The van der Waals surface area contributed by atoms with E-state index in [4.69, 9.17) is 5.11 Å². The molecule has 0 aliphatic rings. The molecule has 0 atom stereocenters. The molecule has 2 aromatic carbocycles. The summed E-state index contributed by atoms with van der Waals surface area (Å²) in [6, 6.07) is 10.2. The number of hydrogen-bond acceptors (Lipinski definition) is 4. The molecule has 6 nitrogen and oxygen atoms in total. The molecule has 0 fully saturated rings. The summed E-state index contributed by atoms with van der Waals surface area (Å²) in [4.78, 5) is 22.3. The standard InChI is InChI=1S/C14H12N2O4/c1-9-12(3-2-4-13(9)16(19)20)15-14(18)10-5-7-11(17)8-6-10/h2-8,17H,1H3,(H,15,18). The third-order valence-electron chi connectivity index (χ3n) is 2.88. The summed E-state index contributed by atoms with van der Waals surface area (Å²) >= 11 is 0. The van der Waals surface area contributed by atoms with Crippen LogP contribution >= 0.6 is 0 Å². The molecule has 102 valence electrons. The van der Waals surface area contributed by atoms with E-state index in [1.165, 1.54) is 36.4 Å². The quantitative estimate of drug-likeness (QED) is 0.663. The Hall–Kier alpha value is -2.89. The lowest BCUT2D eigenvalue weighted by Crippen LogP contribution is -2.13. The van der Waals surface area contributed by atoms with Gasteiger partial charge in [0.1, 0.15) is 5.75 Å². The molecule has 0 saturated carbocycles. The summed E-state index contributed by atoms with van der Waals surface area (Å²) in [7, 11) is 0. The first kappa shape index (κ1) is 13.5. The van der Waals surface area contributed by atoms with Crippen LogP contribution in [0.15, 0.2) is 42.5 Å². The number of nitro benzene ring substituents is 1. The number of nitrogens with zero attached hydrogens (tertiary/aromatic N) is 1. The molecule has 0 radical (unpaired) electrons. The molecule has 0 saturated heterocycles. The van der Waals surface area contributed by atoms with Gasteiger partial charge in [0.05, 0.1) is 16.2 Å². The van der Waals surface area contributed by atoms with Gasteiger partial charge in [-0.15, -0.1) is 0 Å². The number of anilines is 1. The number of phenolic OH excluding ortho intramolecular Hbond substituents is 1.